The SMILES string of the molecule is CCCCCCC(=O)NCC(CC)CC. The van der Waals surface area contributed by atoms with Gasteiger partial charge in [0.15, 0.2) is 0 Å². The zero-order valence-corrected chi connectivity index (χ0v) is 10.6. The van der Waals surface area contributed by atoms with Gasteiger partial charge in [0.1, 0.15) is 0 Å². The molecule has 0 atom stereocenters. The molecule has 0 aliphatic rings. The van der Waals surface area contributed by atoms with Crippen LogP contribution < -0.4 is 5.32 Å². The van der Waals surface area contributed by atoms with Crippen molar-refractivity contribution in [3.8, 4) is 0 Å². The lowest BCUT2D eigenvalue weighted by Gasteiger charge is -2.13. The van der Waals surface area contributed by atoms with Crippen molar-refractivity contribution in [2.24, 2.45) is 5.92 Å². The number of nitrogens with one attached hydrogen (secondary N) is 1. The zero-order valence-electron chi connectivity index (χ0n) is 10.6. The molecule has 0 aromatic carbocycles. The summed E-state index contributed by atoms with van der Waals surface area (Å²) in [5.41, 5.74) is 0. The van der Waals surface area contributed by atoms with Gasteiger partial charge in [-0.1, -0.05) is 52.9 Å². The molecule has 0 heterocycles. The number of unbranched alkanes of at least 4 members (excludes halogenated alkanes) is 3. The Hall–Kier alpha value is -0.530. The van der Waals surface area contributed by atoms with Crippen LogP contribution in [0.4, 0.5) is 0 Å². The molecule has 0 saturated heterocycles. The Balaban J connectivity index is 3.40. The fourth-order valence-electron chi connectivity index (χ4n) is 1.64. The van der Waals surface area contributed by atoms with Crippen LogP contribution in [0.1, 0.15) is 65.7 Å². The van der Waals surface area contributed by atoms with Gasteiger partial charge in [0.25, 0.3) is 0 Å². The van der Waals surface area contributed by atoms with Crippen molar-refractivity contribution >= 4 is 5.91 Å². The molecule has 1 N–H and O–H groups in total. The van der Waals surface area contributed by atoms with E-state index in [1.54, 1.807) is 0 Å². The quantitative estimate of drug-likeness (QED) is 0.583. The third-order valence-corrected chi connectivity index (χ3v) is 3.00. The smallest absolute Gasteiger partial charge is 0.220 e. The van der Waals surface area contributed by atoms with Crippen LogP contribution in [0.25, 0.3) is 0 Å². The van der Waals surface area contributed by atoms with Gasteiger partial charge in [0.2, 0.25) is 5.91 Å². The number of amides is 1. The first-order valence-corrected chi connectivity index (χ1v) is 6.51. The highest BCUT2D eigenvalue weighted by Gasteiger charge is 2.05. The zero-order chi connectivity index (χ0) is 11.5. The van der Waals surface area contributed by atoms with Gasteiger partial charge in [0.05, 0.1) is 0 Å². The largest absolute Gasteiger partial charge is 0.356 e. The van der Waals surface area contributed by atoms with E-state index in [0.717, 1.165) is 25.8 Å². The number of hydrogen-bond donors (Lipinski definition) is 1. The molecular weight excluding hydrogens is 186 g/mol. The molecule has 0 rings (SSSR count). The summed E-state index contributed by atoms with van der Waals surface area (Å²) >= 11 is 0. The van der Waals surface area contributed by atoms with Crippen molar-refractivity contribution in [2.75, 3.05) is 6.54 Å². The van der Waals surface area contributed by atoms with Crippen molar-refractivity contribution in [3.63, 3.8) is 0 Å². The van der Waals surface area contributed by atoms with E-state index in [2.05, 4.69) is 26.1 Å². The standard InChI is InChI=1S/C13H27NO/c1-4-7-8-9-10-13(15)14-11-12(5-2)6-3/h12H,4-11H2,1-3H3,(H,14,15). The van der Waals surface area contributed by atoms with Crippen molar-refractivity contribution < 1.29 is 4.79 Å². The lowest BCUT2D eigenvalue weighted by Crippen LogP contribution is -2.28. The van der Waals surface area contributed by atoms with Gasteiger partial charge in [-0.2, -0.15) is 0 Å². The van der Waals surface area contributed by atoms with E-state index < -0.39 is 0 Å². The predicted molar refractivity (Wildman–Crippen MR) is 65.8 cm³/mol. The van der Waals surface area contributed by atoms with Crippen LogP contribution >= 0.6 is 0 Å². The molecule has 0 bridgehead atoms. The molecule has 0 radical (unpaired) electrons. The van der Waals surface area contributed by atoms with E-state index in [-0.39, 0.29) is 5.91 Å². The molecule has 0 aromatic rings. The van der Waals surface area contributed by atoms with Crippen LogP contribution in [0.2, 0.25) is 0 Å². The lowest BCUT2D eigenvalue weighted by atomic mass is 10.0. The van der Waals surface area contributed by atoms with Crippen LogP contribution in [0.15, 0.2) is 0 Å². The fourth-order valence-corrected chi connectivity index (χ4v) is 1.64. The summed E-state index contributed by atoms with van der Waals surface area (Å²) in [5.74, 6) is 0.891. The van der Waals surface area contributed by atoms with Gasteiger partial charge in [-0.15, -0.1) is 0 Å². The predicted octanol–water partition coefficient (Wildman–Crippen LogP) is 3.51. The highest BCUT2D eigenvalue weighted by molar-refractivity contribution is 5.75. The lowest BCUT2D eigenvalue weighted by molar-refractivity contribution is -0.121. The Labute approximate surface area is 94.8 Å². The van der Waals surface area contributed by atoms with E-state index in [0.29, 0.717) is 12.3 Å². The first-order chi connectivity index (χ1) is 7.24. The topological polar surface area (TPSA) is 29.1 Å². The van der Waals surface area contributed by atoms with Crippen LogP contribution in [-0.2, 0) is 4.79 Å². The Bertz CT molecular complexity index is 153. The number of carbonyl (C=O) groups is 1. The molecular formula is C13H27NO. The van der Waals surface area contributed by atoms with Gasteiger partial charge in [-0.25, -0.2) is 0 Å². The molecule has 2 nitrogen and oxygen atoms in total. The number of carbonyl (C=O) groups excluding carboxylic acids is 1. The molecule has 0 fully saturated rings. The Morgan fingerprint density at radius 3 is 2.27 bits per heavy atom. The highest BCUT2D eigenvalue weighted by atomic mass is 16.1. The van der Waals surface area contributed by atoms with Gasteiger partial charge in [-0.05, 0) is 12.3 Å². The van der Waals surface area contributed by atoms with Crippen LogP contribution in [0.3, 0.4) is 0 Å². The van der Waals surface area contributed by atoms with E-state index in [1.807, 2.05) is 0 Å². The molecule has 0 aliphatic heterocycles. The minimum absolute atomic E-state index is 0.234. The van der Waals surface area contributed by atoms with E-state index >= 15 is 0 Å². The first kappa shape index (κ1) is 14.5. The molecule has 2 heteroatoms. The van der Waals surface area contributed by atoms with Gasteiger partial charge in [-0.3, -0.25) is 4.79 Å². The van der Waals surface area contributed by atoms with Gasteiger partial charge in [0, 0.05) is 13.0 Å². The van der Waals surface area contributed by atoms with Crippen molar-refractivity contribution in [1.29, 1.82) is 0 Å². The summed E-state index contributed by atoms with van der Waals surface area (Å²) in [7, 11) is 0. The molecule has 15 heavy (non-hydrogen) atoms. The second-order valence-electron chi connectivity index (χ2n) is 4.30. The molecule has 90 valence electrons. The molecule has 1 amide bonds. The molecule has 0 unspecified atom stereocenters. The maximum absolute atomic E-state index is 11.4. The summed E-state index contributed by atoms with van der Waals surface area (Å²) in [6.07, 6.45) is 7.74. The Kier molecular flexibility index (Phi) is 9.65. The van der Waals surface area contributed by atoms with Crippen molar-refractivity contribution in [3.05, 3.63) is 0 Å². The molecule has 0 spiro atoms. The fraction of sp³-hybridized carbons (Fsp3) is 0.923. The summed E-state index contributed by atoms with van der Waals surface area (Å²) in [6, 6.07) is 0. The molecule has 0 saturated carbocycles. The van der Waals surface area contributed by atoms with Crippen molar-refractivity contribution in [1.82, 2.24) is 5.32 Å². The Morgan fingerprint density at radius 1 is 1.07 bits per heavy atom. The van der Waals surface area contributed by atoms with Gasteiger partial charge >= 0.3 is 0 Å². The van der Waals surface area contributed by atoms with E-state index in [4.69, 9.17) is 0 Å². The third kappa shape index (κ3) is 8.46. The summed E-state index contributed by atoms with van der Waals surface area (Å²) in [4.78, 5) is 11.4. The minimum Gasteiger partial charge on any atom is -0.356 e. The summed E-state index contributed by atoms with van der Waals surface area (Å²) in [6.45, 7) is 7.41. The average molecular weight is 213 g/mol. The first-order valence-electron chi connectivity index (χ1n) is 6.51. The summed E-state index contributed by atoms with van der Waals surface area (Å²) < 4.78 is 0. The number of rotatable bonds is 9. The summed E-state index contributed by atoms with van der Waals surface area (Å²) in [5, 5.41) is 3.02. The monoisotopic (exact) mass is 213 g/mol. The Morgan fingerprint density at radius 2 is 1.73 bits per heavy atom. The molecule has 0 aromatic heterocycles. The maximum Gasteiger partial charge on any atom is 0.220 e. The highest BCUT2D eigenvalue weighted by Crippen LogP contribution is 2.06. The van der Waals surface area contributed by atoms with Crippen LogP contribution in [0, 0.1) is 5.92 Å². The third-order valence-electron chi connectivity index (χ3n) is 3.00. The second kappa shape index (κ2) is 10.0. The minimum atomic E-state index is 0.234. The second-order valence-corrected chi connectivity index (χ2v) is 4.30. The average Bonchev–Trinajstić information content (AvgIpc) is 2.26. The molecule has 0 aliphatic carbocycles. The van der Waals surface area contributed by atoms with Crippen molar-refractivity contribution in [2.45, 2.75) is 65.7 Å². The van der Waals surface area contributed by atoms with Crippen LogP contribution in [-0.4, -0.2) is 12.5 Å². The normalized spacial score (nSPS) is 10.7. The van der Waals surface area contributed by atoms with Gasteiger partial charge < -0.3 is 5.32 Å². The van der Waals surface area contributed by atoms with E-state index in [9.17, 15) is 4.79 Å². The maximum atomic E-state index is 11.4. The van der Waals surface area contributed by atoms with Crippen LogP contribution in [0.5, 0.6) is 0 Å². The van der Waals surface area contributed by atoms with E-state index in [1.165, 1.54) is 19.3 Å². The number of hydrogen-bond acceptors (Lipinski definition) is 1.